The first-order valence-corrected chi connectivity index (χ1v) is 8.80. The second-order valence-electron chi connectivity index (χ2n) is 6.99. The Bertz CT molecular complexity index is 902. The number of nitrogens with one attached hydrogen (secondary N) is 1. The van der Waals surface area contributed by atoms with E-state index in [0.717, 1.165) is 17.6 Å². The van der Waals surface area contributed by atoms with Crippen LogP contribution in [-0.4, -0.2) is 27.0 Å². The van der Waals surface area contributed by atoms with Crippen molar-refractivity contribution in [3.63, 3.8) is 0 Å². The van der Waals surface area contributed by atoms with Crippen LogP contribution in [0.2, 0.25) is 0 Å². The number of hydrogen-bond donors (Lipinski definition) is 1. The summed E-state index contributed by atoms with van der Waals surface area (Å²) in [6.07, 6.45) is 0. The van der Waals surface area contributed by atoms with Gasteiger partial charge in [0.15, 0.2) is 0 Å². The smallest absolute Gasteiger partial charge is 0.259 e. The van der Waals surface area contributed by atoms with Crippen LogP contribution >= 0.6 is 0 Å². The van der Waals surface area contributed by atoms with Crippen molar-refractivity contribution >= 4 is 10.9 Å². The molecule has 1 N–H and O–H groups in total. The van der Waals surface area contributed by atoms with Gasteiger partial charge < -0.3 is 4.98 Å². The number of benzene rings is 2. The molecule has 25 heavy (non-hydrogen) atoms. The molecule has 1 aromatic heterocycles. The molecule has 3 aromatic rings. The van der Waals surface area contributed by atoms with Gasteiger partial charge in [0.2, 0.25) is 0 Å². The van der Waals surface area contributed by atoms with Crippen LogP contribution in [0.4, 0.5) is 0 Å². The predicted molar refractivity (Wildman–Crippen MR) is 104 cm³/mol. The summed E-state index contributed by atoms with van der Waals surface area (Å²) >= 11 is 0. The van der Waals surface area contributed by atoms with Gasteiger partial charge in [0, 0.05) is 24.2 Å². The fourth-order valence-electron chi connectivity index (χ4n) is 3.16. The van der Waals surface area contributed by atoms with E-state index in [-0.39, 0.29) is 5.56 Å². The molecule has 0 aliphatic heterocycles. The highest BCUT2D eigenvalue weighted by Gasteiger charge is 2.14. The maximum absolute atomic E-state index is 12.2. The second kappa shape index (κ2) is 7.19. The Balaban J connectivity index is 1.89. The van der Waals surface area contributed by atoms with Crippen LogP contribution in [0.3, 0.4) is 0 Å². The topological polar surface area (TPSA) is 49.0 Å². The van der Waals surface area contributed by atoms with Crippen LogP contribution in [0.1, 0.15) is 33.3 Å². The van der Waals surface area contributed by atoms with Gasteiger partial charge >= 0.3 is 0 Å². The van der Waals surface area contributed by atoms with Gasteiger partial charge in [0.05, 0.1) is 10.9 Å². The van der Waals surface area contributed by atoms with E-state index in [1.165, 1.54) is 5.56 Å². The molecular weight excluding hydrogens is 310 g/mol. The molecule has 0 saturated carbocycles. The Morgan fingerprint density at radius 2 is 1.60 bits per heavy atom. The molecule has 0 aliphatic rings. The van der Waals surface area contributed by atoms with Crippen molar-refractivity contribution in [3.8, 4) is 11.4 Å². The van der Waals surface area contributed by atoms with Crippen LogP contribution in [-0.2, 0) is 6.54 Å². The van der Waals surface area contributed by atoms with Crippen molar-refractivity contribution in [3.05, 3.63) is 64.4 Å². The number of hydrogen-bond acceptors (Lipinski definition) is 3. The van der Waals surface area contributed by atoms with Gasteiger partial charge in [-0.25, -0.2) is 4.98 Å². The van der Waals surface area contributed by atoms with Crippen LogP contribution in [0.15, 0.2) is 53.3 Å². The largest absolute Gasteiger partial charge is 0.306 e. The van der Waals surface area contributed by atoms with E-state index in [2.05, 4.69) is 54.7 Å². The highest BCUT2D eigenvalue weighted by molar-refractivity contribution is 5.79. The molecule has 0 bridgehead atoms. The highest BCUT2D eigenvalue weighted by Crippen LogP contribution is 2.19. The molecule has 4 nitrogen and oxygen atoms in total. The van der Waals surface area contributed by atoms with Crippen LogP contribution in [0, 0.1) is 0 Å². The summed E-state index contributed by atoms with van der Waals surface area (Å²) in [6.45, 7) is 9.80. The van der Waals surface area contributed by atoms with E-state index in [0.29, 0.717) is 23.3 Å². The Morgan fingerprint density at radius 3 is 2.24 bits per heavy atom. The zero-order chi connectivity index (χ0) is 18.0. The summed E-state index contributed by atoms with van der Waals surface area (Å²) in [6, 6.07) is 16.7. The standard InChI is InChI=1S/C21H25N3O/c1-14(2)24(15(3)4)13-16-9-11-17(12-10-16)20-22-19-8-6-5-7-18(19)21(25)23-20/h5-12,14-15H,13H2,1-4H3,(H,22,23,25). The normalized spacial score (nSPS) is 11.8. The third kappa shape index (κ3) is 3.80. The van der Waals surface area contributed by atoms with Gasteiger partial charge in [0.1, 0.15) is 5.82 Å². The van der Waals surface area contributed by atoms with Crippen LogP contribution in [0.25, 0.3) is 22.3 Å². The summed E-state index contributed by atoms with van der Waals surface area (Å²) < 4.78 is 0. The van der Waals surface area contributed by atoms with Crippen LogP contribution in [0.5, 0.6) is 0 Å². The number of fused-ring (bicyclic) bond motifs is 1. The molecule has 0 radical (unpaired) electrons. The minimum absolute atomic E-state index is 0.101. The maximum Gasteiger partial charge on any atom is 0.259 e. The molecule has 0 fully saturated rings. The van der Waals surface area contributed by atoms with E-state index < -0.39 is 0 Å². The third-order valence-electron chi connectivity index (χ3n) is 4.53. The monoisotopic (exact) mass is 335 g/mol. The van der Waals surface area contributed by atoms with Crippen molar-refractivity contribution < 1.29 is 0 Å². The zero-order valence-electron chi connectivity index (χ0n) is 15.3. The first-order valence-electron chi connectivity index (χ1n) is 8.80. The summed E-state index contributed by atoms with van der Waals surface area (Å²) in [5, 5.41) is 0.618. The number of rotatable bonds is 5. The molecule has 4 heteroatoms. The fraction of sp³-hybridized carbons (Fsp3) is 0.333. The number of aromatic amines is 1. The highest BCUT2D eigenvalue weighted by atomic mass is 16.1. The summed E-state index contributed by atoms with van der Waals surface area (Å²) in [4.78, 5) is 22.2. The Hall–Kier alpha value is -2.46. The number of nitrogens with zero attached hydrogens (tertiary/aromatic N) is 2. The molecule has 0 atom stereocenters. The van der Waals surface area contributed by atoms with E-state index >= 15 is 0 Å². The van der Waals surface area contributed by atoms with Gasteiger partial charge in [-0.3, -0.25) is 9.69 Å². The van der Waals surface area contributed by atoms with Gasteiger partial charge in [-0.15, -0.1) is 0 Å². The average Bonchev–Trinajstić information content (AvgIpc) is 2.59. The van der Waals surface area contributed by atoms with Gasteiger partial charge in [-0.2, -0.15) is 0 Å². The Morgan fingerprint density at radius 1 is 0.960 bits per heavy atom. The molecule has 0 aliphatic carbocycles. The predicted octanol–water partition coefficient (Wildman–Crippen LogP) is 4.21. The van der Waals surface area contributed by atoms with E-state index in [1.54, 1.807) is 6.07 Å². The summed E-state index contributed by atoms with van der Waals surface area (Å²) in [7, 11) is 0. The Labute approximate surface area is 148 Å². The third-order valence-corrected chi connectivity index (χ3v) is 4.53. The molecule has 2 aromatic carbocycles. The zero-order valence-corrected chi connectivity index (χ0v) is 15.3. The van der Waals surface area contributed by atoms with E-state index in [4.69, 9.17) is 0 Å². The van der Waals surface area contributed by atoms with Gasteiger partial charge in [-0.1, -0.05) is 36.4 Å². The minimum Gasteiger partial charge on any atom is -0.306 e. The number of H-pyrrole nitrogens is 1. The molecule has 0 amide bonds. The lowest BCUT2D eigenvalue weighted by Gasteiger charge is -2.30. The van der Waals surface area contributed by atoms with Gasteiger partial charge in [-0.05, 0) is 45.4 Å². The van der Waals surface area contributed by atoms with Crippen LogP contribution < -0.4 is 5.56 Å². The maximum atomic E-state index is 12.2. The quantitative estimate of drug-likeness (QED) is 0.760. The average molecular weight is 335 g/mol. The van der Waals surface area contributed by atoms with Crippen molar-refractivity contribution in [1.29, 1.82) is 0 Å². The molecule has 1 heterocycles. The second-order valence-corrected chi connectivity index (χ2v) is 6.99. The minimum atomic E-state index is -0.101. The summed E-state index contributed by atoms with van der Waals surface area (Å²) in [5.74, 6) is 0.611. The number of aromatic nitrogens is 2. The van der Waals surface area contributed by atoms with Crippen molar-refractivity contribution in [2.45, 2.75) is 46.3 Å². The van der Waals surface area contributed by atoms with E-state index in [9.17, 15) is 4.79 Å². The molecular formula is C21H25N3O. The van der Waals surface area contributed by atoms with E-state index in [1.807, 2.05) is 30.3 Å². The lowest BCUT2D eigenvalue weighted by molar-refractivity contribution is 0.166. The van der Waals surface area contributed by atoms with Crippen molar-refractivity contribution in [1.82, 2.24) is 14.9 Å². The first kappa shape index (κ1) is 17.4. The fourth-order valence-corrected chi connectivity index (χ4v) is 3.16. The van der Waals surface area contributed by atoms with Gasteiger partial charge in [0.25, 0.3) is 5.56 Å². The molecule has 0 unspecified atom stereocenters. The summed E-state index contributed by atoms with van der Waals surface area (Å²) in [5.41, 5.74) is 2.80. The molecule has 3 rings (SSSR count). The Kier molecular flexibility index (Phi) is 5.00. The molecule has 0 spiro atoms. The molecule has 130 valence electrons. The SMILES string of the molecule is CC(C)N(Cc1ccc(-c2nc3ccccc3c(=O)[nH]2)cc1)C(C)C. The van der Waals surface area contributed by atoms with Crippen molar-refractivity contribution in [2.24, 2.45) is 0 Å². The molecule has 0 saturated heterocycles. The lowest BCUT2D eigenvalue weighted by atomic mass is 10.1. The number of para-hydroxylation sites is 1. The van der Waals surface area contributed by atoms with Crippen molar-refractivity contribution in [2.75, 3.05) is 0 Å². The first-order chi connectivity index (χ1) is 12.0. The lowest BCUT2D eigenvalue weighted by Crippen LogP contribution is -2.36.